The molecule has 0 aliphatic carbocycles. The quantitative estimate of drug-likeness (QED) is 0.719. The smallest absolute Gasteiger partial charge is 0.180 e. The number of fused-ring (bicyclic) bond motifs is 1. The second kappa shape index (κ2) is 7.01. The number of hydrogen-bond acceptors (Lipinski definition) is 5. The van der Waals surface area contributed by atoms with Crippen LogP contribution >= 0.6 is 15.9 Å². The van der Waals surface area contributed by atoms with Crippen LogP contribution in [0.3, 0.4) is 0 Å². The molecule has 3 aromatic rings. The Bertz CT molecular complexity index is 864. The van der Waals surface area contributed by atoms with Gasteiger partial charge in [-0.1, -0.05) is 6.92 Å². The molecule has 6 nitrogen and oxygen atoms in total. The molecule has 1 aliphatic heterocycles. The first-order valence-corrected chi connectivity index (χ1v) is 9.25. The fourth-order valence-electron chi connectivity index (χ4n) is 3.08. The topological polar surface area (TPSA) is 54.7 Å². The van der Waals surface area contributed by atoms with E-state index >= 15 is 0 Å². The van der Waals surface area contributed by atoms with Gasteiger partial charge in [-0.05, 0) is 46.6 Å². The van der Waals surface area contributed by atoms with Crippen molar-refractivity contribution in [3.05, 3.63) is 47.5 Å². The van der Waals surface area contributed by atoms with Gasteiger partial charge in [-0.2, -0.15) is 0 Å². The predicted octanol–water partition coefficient (Wildman–Crippen LogP) is 3.85. The third kappa shape index (κ3) is 3.48. The Hall–Kier alpha value is -2.12. The molecule has 130 valence electrons. The zero-order valence-electron chi connectivity index (χ0n) is 14.0. The van der Waals surface area contributed by atoms with E-state index in [0.717, 1.165) is 47.9 Å². The molecular weight excluding hydrogens is 382 g/mol. The molecule has 4 rings (SSSR count). The van der Waals surface area contributed by atoms with Crippen molar-refractivity contribution in [1.82, 2.24) is 14.4 Å². The molecule has 0 bridgehead atoms. The van der Waals surface area contributed by atoms with Gasteiger partial charge >= 0.3 is 0 Å². The number of nitrogens with zero attached hydrogens (tertiary/aromatic N) is 4. The maximum Gasteiger partial charge on any atom is 0.180 e. The number of morpholine rings is 1. The van der Waals surface area contributed by atoms with E-state index in [-0.39, 0.29) is 0 Å². The van der Waals surface area contributed by atoms with Crippen LogP contribution in [0.2, 0.25) is 0 Å². The fourth-order valence-corrected chi connectivity index (χ4v) is 3.48. The van der Waals surface area contributed by atoms with Gasteiger partial charge in [-0.25, -0.2) is 9.97 Å². The number of benzene rings is 1. The van der Waals surface area contributed by atoms with Crippen molar-refractivity contribution < 1.29 is 4.74 Å². The van der Waals surface area contributed by atoms with E-state index in [1.54, 1.807) is 6.20 Å². The van der Waals surface area contributed by atoms with Crippen molar-refractivity contribution in [3.63, 3.8) is 0 Å². The summed E-state index contributed by atoms with van der Waals surface area (Å²) in [6.45, 7) is 4.84. The Morgan fingerprint density at radius 2 is 2.16 bits per heavy atom. The molecule has 1 N–H and O–H groups in total. The van der Waals surface area contributed by atoms with Crippen LogP contribution < -0.4 is 10.2 Å². The summed E-state index contributed by atoms with van der Waals surface area (Å²) in [4.78, 5) is 11.2. The average Bonchev–Trinajstić information content (AvgIpc) is 3.11. The molecule has 3 heterocycles. The van der Waals surface area contributed by atoms with Crippen molar-refractivity contribution in [1.29, 1.82) is 0 Å². The Labute approximate surface area is 155 Å². The SMILES string of the molecule is CC[C@@H]1CN(c2ccc(Nc3nc(Br)cn4ccnc34)cc2)CCO1. The summed E-state index contributed by atoms with van der Waals surface area (Å²) in [6.07, 6.45) is 6.93. The number of rotatable bonds is 4. The third-order valence-electron chi connectivity index (χ3n) is 4.43. The highest BCUT2D eigenvalue weighted by atomic mass is 79.9. The number of hydrogen-bond donors (Lipinski definition) is 1. The van der Waals surface area contributed by atoms with Crippen LogP contribution in [0.25, 0.3) is 5.65 Å². The number of aromatic nitrogens is 3. The highest BCUT2D eigenvalue weighted by molar-refractivity contribution is 9.10. The molecule has 0 radical (unpaired) electrons. The molecule has 1 aromatic carbocycles. The number of imidazole rings is 1. The van der Waals surface area contributed by atoms with Crippen molar-refractivity contribution >= 4 is 38.8 Å². The van der Waals surface area contributed by atoms with Gasteiger partial charge in [-0.3, -0.25) is 0 Å². The lowest BCUT2D eigenvalue weighted by atomic mass is 10.2. The summed E-state index contributed by atoms with van der Waals surface area (Å²) in [5, 5.41) is 3.36. The van der Waals surface area contributed by atoms with Crippen molar-refractivity contribution in [2.24, 2.45) is 0 Å². The van der Waals surface area contributed by atoms with Crippen LogP contribution in [-0.4, -0.2) is 40.2 Å². The van der Waals surface area contributed by atoms with Crippen LogP contribution in [0.5, 0.6) is 0 Å². The van der Waals surface area contributed by atoms with E-state index in [9.17, 15) is 0 Å². The highest BCUT2D eigenvalue weighted by Gasteiger charge is 2.19. The highest BCUT2D eigenvalue weighted by Crippen LogP contribution is 2.25. The second-order valence-corrected chi connectivity index (χ2v) is 6.90. The molecule has 1 atom stereocenters. The Morgan fingerprint density at radius 3 is 2.96 bits per heavy atom. The third-order valence-corrected chi connectivity index (χ3v) is 4.82. The van der Waals surface area contributed by atoms with Crippen molar-refractivity contribution in [2.75, 3.05) is 29.9 Å². The van der Waals surface area contributed by atoms with Crippen LogP contribution in [0.15, 0.2) is 47.5 Å². The van der Waals surface area contributed by atoms with Gasteiger partial charge in [0, 0.05) is 43.1 Å². The van der Waals surface area contributed by atoms with E-state index in [0.29, 0.717) is 6.10 Å². The summed E-state index contributed by atoms with van der Waals surface area (Å²) in [6, 6.07) is 8.43. The normalized spacial score (nSPS) is 17.8. The molecule has 0 amide bonds. The lowest BCUT2D eigenvalue weighted by Crippen LogP contribution is -2.42. The van der Waals surface area contributed by atoms with E-state index in [1.807, 2.05) is 16.8 Å². The molecular formula is C18H20BrN5O. The van der Waals surface area contributed by atoms with E-state index in [2.05, 4.69) is 67.3 Å². The molecule has 0 unspecified atom stereocenters. The van der Waals surface area contributed by atoms with E-state index in [1.165, 1.54) is 5.69 Å². The number of ether oxygens (including phenoxy) is 1. The van der Waals surface area contributed by atoms with Crippen LogP contribution in [-0.2, 0) is 4.74 Å². The first-order valence-electron chi connectivity index (χ1n) is 8.46. The Balaban J connectivity index is 1.53. The average molecular weight is 402 g/mol. The second-order valence-electron chi connectivity index (χ2n) is 6.09. The summed E-state index contributed by atoms with van der Waals surface area (Å²) >= 11 is 3.44. The number of nitrogens with one attached hydrogen (secondary N) is 1. The minimum absolute atomic E-state index is 0.325. The largest absolute Gasteiger partial charge is 0.375 e. The molecule has 25 heavy (non-hydrogen) atoms. The number of halogens is 1. The fraction of sp³-hybridized carbons (Fsp3) is 0.333. The monoisotopic (exact) mass is 401 g/mol. The maximum absolute atomic E-state index is 5.75. The minimum Gasteiger partial charge on any atom is -0.375 e. The van der Waals surface area contributed by atoms with Gasteiger partial charge in [0.15, 0.2) is 11.5 Å². The van der Waals surface area contributed by atoms with E-state index in [4.69, 9.17) is 4.74 Å². The zero-order valence-corrected chi connectivity index (χ0v) is 15.6. The summed E-state index contributed by atoms with van der Waals surface area (Å²) in [5.41, 5.74) is 3.01. The molecule has 0 saturated carbocycles. The summed E-state index contributed by atoms with van der Waals surface area (Å²) < 4.78 is 8.45. The minimum atomic E-state index is 0.325. The molecule has 1 saturated heterocycles. The lowest BCUT2D eigenvalue weighted by Gasteiger charge is -2.34. The first-order chi connectivity index (χ1) is 12.2. The molecule has 7 heteroatoms. The molecule has 1 aliphatic rings. The van der Waals surface area contributed by atoms with Crippen molar-refractivity contribution in [2.45, 2.75) is 19.4 Å². The van der Waals surface area contributed by atoms with Gasteiger partial charge in [0.1, 0.15) is 4.60 Å². The van der Waals surface area contributed by atoms with Crippen LogP contribution in [0, 0.1) is 0 Å². The molecule has 1 fully saturated rings. The standard InChI is InChI=1S/C18H20BrN5O/c1-2-15-11-23(9-10-25-15)14-5-3-13(4-6-14)21-17-18-20-7-8-24(18)12-16(19)22-17/h3-8,12,15H,2,9-11H2,1H3,(H,21,22)/t15-/m1/s1. The van der Waals surface area contributed by atoms with Crippen LogP contribution in [0.4, 0.5) is 17.2 Å². The van der Waals surface area contributed by atoms with Gasteiger partial charge in [0.05, 0.1) is 12.7 Å². The molecule has 2 aromatic heterocycles. The zero-order chi connectivity index (χ0) is 17.2. The van der Waals surface area contributed by atoms with E-state index < -0.39 is 0 Å². The number of anilines is 3. The summed E-state index contributed by atoms with van der Waals surface area (Å²) in [7, 11) is 0. The van der Waals surface area contributed by atoms with Gasteiger partial charge in [0.2, 0.25) is 0 Å². The maximum atomic E-state index is 5.75. The van der Waals surface area contributed by atoms with Gasteiger partial charge in [0.25, 0.3) is 0 Å². The van der Waals surface area contributed by atoms with Crippen molar-refractivity contribution in [3.8, 4) is 0 Å². The van der Waals surface area contributed by atoms with Gasteiger partial charge in [-0.15, -0.1) is 0 Å². The predicted molar refractivity (Wildman–Crippen MR) is 103 cm³/mol. The lowest BCUT2D eigenvalue weighted by molar-refractivity contribution is 0.0384. The molecule has 0 spiro atoms. The Kier molecular flexibility index (Phi) is 4.59. The van der Waals surface area contributed by atoms with Gasteiger partial charge < -0.3 is 19.4 Å². The first kappa shape index (κ1) is 16.4. The Morgan fingerprint density at radius 1 is 1.32 bits per heavy atom. The summed E-state index contributed by atoms with van der Waals surface area (Å²) in [5.74, 6) is 0.726. The van der Waals surface area contributed by atoms with Crippen LogP contribution in [0.1, 0.15) is 13.3 Å².